The number of hydrogen-bond acceptors (Lipinski definition) is 0. The van der Waals surface area contributed by atoms with Crippen LogP contribution in [-0.4, -0.2) is 9.70 Å². The van der Waals surface area contributed by atoms with Gasteiger partial charge in [0.1, 0.15) is 0 Å². The lowest BCUT2D eigenvalue weighted by atomic mass is 9.65. The summed E-state index contributed by atoms with van der Waals surface area (Å²) in [6, 6.07) is 0. The Kier molecular flexibility index (Phi) is 1.30. The van der Waals surface area contributed by atoms with Crippen molar-refractivity contribution in [2.75, 3.05) is 0 Å². The van der Waals surface area contributed by atoms with Crippen molar-refractivity contribution >= 4 is 27.5 Å². The Morgan fingerprint density at radius 1 is 1.45 bits per heavy atom. The van der Waals surface area contributed by atoms with Crippen molar-refractivity contribution in [1.29, 1.82) is 0 Å². The third kappa shape index (κ3) is 0.613. The molecule has 0 nitrogen and oxygen atoms in total. The van der Waals surface area contributed by atoms with E-state index in [9.17, 15) is 0 Å². The zero-order valence-corrected chi connectivity index (χ0v) is 8.53. The lowest BCUT2D eigenvalue weighted by Gasteiger charge is -2.52. The molecule has 5 unspecified atom stereocenters. The number of halogens is 2. The van der Waals surface area contributed by atoms with Gasteiger partial charge in [0.25, 0.3) is 0 Å². The average molecular weight is 234 g/mol. The van der Waals surface area contributed by atoms with E-state index in [0.29, 0.717) is 17.2 Å². The minimum Gasteiger partial charge on any atom is -0.121 e. The van der Waals surface area contributed by atoms with Gasteiger partial charge in [-0.2, -0.15) is 0 Å². The molecule has 4 saturated carbocycles. The van der Waals surface area contributed by atoms with Gasteiger partial charge in [-0.25, -0.2) is 0 Å². The van der Waals surface area contributed by atoms with Crippen molar-refractivity contribution in [1.82, 2.24) is 0 Å². The normalized spacial score (nSPS) is 66.0. The van der Waals surface area contributed by atoms with E-state index in [0.717, 1.165) is 5.92 Å². The molecular formula is C9H10BrCl. The maximum absolute atomic E-state index is 6.25. The molecule has 4 rings (SSSR count). The molecule has 0 aliphatic heterocycles. The van der Waals surface area contributed by atoms with Crippen LogP contribution in [0.1, 0.15) is 19.3 Å². The van der Waals surface area contributed by atoms with Gasteiger partial charge in [-0.3, -0.25) is 0 Å². The van der Waals surface area contributed by atoms with Gasteiger partial charge in [0, 0.05) is 4.32 Å². The SMILES string of the molecule is ClC1C2[C]C3CCCC2C31Br. The summed E-state index contributed by atoms with van der Waals surface area (Å²) in [5.41, 5.74) is 0. The van der Waals surface area contributed by atoms with Gasteiger partial charge >= 0.3 is 0 Å². The Balaban J connectivity index is 2.01. The zero-order chi connectivity index (χ0) is 7.64. The summed E-state index contributed by atoms with van der Waals surface area (Å²) < 4.78 is 0.275. The molecule has 5 atom stereocenters. The molecule has 60 valence electrons. The largest absolute Gasteiger partial charge is 0.121 e. The van der Waals surface area contributed by atoms with Crippen LogP contribution in [0.15, 0.2) is 0 Å². The Morgan fingerprint density at radius 3 is 2.91 bits per heavy atom. The van der Waals surface area contributed by atoms with E-state index in [4.69, 9.17) is 11.6 Å². The van der Waals surface area contributed by atoms with Crippen molar-refractivity contribution in [3.05, 3.63) is 6.42 Å². The van der Waals surface area contributed by atoms with Crippen LogP contribution in [0.4, 0.5) is 0 Å². The molecule has 0 N–H and O–H groups in total. The first-order chi connectivity index (χ1) is 5.24. The second-order valence-electron chi connectivity index (χ2n) is 4.01. The molecule has 4 fully saturated rings. The summed E-state index contributed by atoms with van der Waals surface area (Å²) in [6.07, 6.45) is 7.66. The fourth-order valence-corrected chi connectivity index (χ4v) is 4.82. The third-order valence-corrected chi connectivity index (χ3v) is 6.21. The molecule has 0 heterocycles. The molecule has 0 aromatic rings. The first-order valence-electron chi connectivity index (χ1n) is 4.33. The van der Waals surface area contributed by atoms with Crippen LogP contribution in [0.2, 0.25) is 0 Å². The number of rotatable bonds is 0. The molecule has 4 aliphatic rings. The van der Waals surface area contributed by atoms with E-state index in [1.54, 1.807) is 0 Å². The van der Waals surface area contributed by atoms with Crippen molar-refractivity contribution in [3.63, 3.8) is 0 Å². The number of alkyl halides is 2. The molecule has 2 radical (unpaired) electrons. The highest BCUT2D eigenvalue weighted by Crippen LogP contribution is 2.70. The first-order valence-corrected chi connectivity index (χ1v) is 5.56. The van der Waals surface area contributed by atoms with Crippen LogP contribution >= 0.6 is 27.5 Å². The van der Waals surface area contributed by atoms with E-state index in [-0.39, 0.29) is 4.32 Å². The van der Waals surface area contributed by atoms with Crippen LogP contribution < -0.4 is 0 Å². The van der Waals surface area contributed by atoms with Gasteiger partial charge in [-0.05, 0) is 37.0 Å². The van der Waals surface area contributed by atoms with Crippen LogP contribution in [0.5, 0.6) is 0 Å². The predicted molar refractivity (Wildman–Crippen MR) is 48.9 cm³/mol. The third-order valence-electron chi connectivity index (χ3n) is 3.68. The highest BCUT2D eigenvalue weighted by molar-refractivity contribution is 9.10. The summed E-state index contributed by atoms with van der Waals surface area (Å²) in [7, 11) is 0. The molecule has 0 aromatic heterocycles. The van der Waals surface area contributed by atoms with Crippen LogP contribution in [0.25, 0.3) is 0 Å². The van der Waals surface area contributed by atoms with Gasteiger partial charge in [0.05, 0.1) is 5.38 Å². The Bertz CT molecular complexity index is 198. The Morgan fingerprint density at radius 2 is 2.27 bits per heavy atom. The lowest BCUT2D eigenvalue weighted by molar-refractivity contribution is 0.146. The predicted octanol–water partition coefficient (Wildman–Crippen LogP) is 2.87. The zero-order valence-electron chi connectivity index (χ0n) is 6.19. The van der Waals surface area contributed by atoms with Gasteiger partial charge in [-0.15, -0.1) is 11.6 Å². The van der Waals surface area contributed by atoms with Crippen molar-refractivity contribution in [3.8, 4) is 0 Å². The second-order valence-corrected chi connectivity index (χ2v) is 5.86. The van der Waals surface area contributed by atoms with Gasteiger partial charge in [-0.1, -0.05) is 22.4 Å². The number of hydrogen-bond donors (Lipinski definition) is 0. The van der Waals surface area contributed by atoms with E-state index >= 15 is 0 Å². The topological polar surface area (TPSA) is 0 Å². The quantitative estimate of drug-likeness (QED) is 0.565. The van der Waals surface area contributed by atoms with Gasteiger partial charge < -0.3 is 0 Å². The first kappa shape index (κ1) is 7.20. The van der Waals surface area contributed by atoms with E-state index in [1.165, 1.54) is 19.3 Å². The van der Waals surface area contributed by atoms with E-state index in [2.05, 4.69) is 22.4 Å². The highest BCUT2D eigenvalue weighted by atomic mass is 79.9. The van der Waals surface area contributed by atoms with E-state index < -0.39 is 0 Å². The smallest absolute Gasteiger partial charge is 0.0532 e. The van der Waals surface area contributed by atoms with Crippen molar-refractivity contribution in [2.45, 2.75) is 29.0 Å². The monoisotopic (exact) mass is 232 g/mol. The summed E-state index contributed by atoms with van der Waals surface area (Å²) in [5.74, 6) is 2.10. The second kappa shape index (κ2) is 1.98. The van der Waals surface area contributed by atoms with Crippen LogP contribution in [-0.2, 0) is 0 Å². The molecule has 0 aromatic carbocycles. The molecular weight excluding hydrogens is 223 g/mol. The highest BCUT2D eigenvalue weighted by Gasteiger charge is 2.70. The van der Waals surface area contributed by atoms with Crippen molar-refractivity contribution in [2.24, 2.45) is 17.8 Å². The fraction of sp³-hybridized carbons (Fsp3) is 0.889. The van der Waals surface area contributed by atoms with Gasteiger partial charge in [0.2, 0.25) is 0 Å². The molecule has 4 aliphatic carbocycles. The van der Waals surface area contributed by atoms with Crippen LogP contribution in [0, 0.1) is 24.2 Å². The minimum absolute atomic E-state index is 0.275. The molecule has 11 heavy (non-hydrogen) atoms. The van der Waals surface area contributed by atoms with Crippen LogP contribution in [0.3, 0.4) is 0 Å². The standard InChI is InChI=1S/C9H10BrCl/c10-9-5-2-1-3-7(9)6(4-5)8(9)11/h5-8H,1-3H2. The molecule has 0 saturated heterocycles. The summed E-state index contributed by atoms with van der Waals surface area (Å²) >= 11 is 10.1. The fourth-order valence-electron chi connectivity index (χ4n) is 3.10. The van der Waals surface area contributed by atoms with Crippen molar-refractivity contribution < 1.29 is 0 Å². The molecule has 0 spiro atoms. The minimum atomic E-state index is 0.275. The van der Waals surface area contributed by atoms with E-state index in [1.807, 2.05) is 0 Å². The summed E-state index contributed by atoms with van der Waals surface area (Å²) in [4.78, 5) is 0. The molecule has 4 bridgehead atoms. The Hall–Kier alpha value is 0.770. The lowest BCUT2D eigenvalue weighted by Crippen LogP contribution is -2.56. The molecule has 0 amide bonds. The average Bonchev–Trinajstić information content (AvgIpc) is 2.37. The maximum atomic E-state index is 6.25. The summed E-state index contributed by atoms with van der Waals surface area (Å²) in [6.45, 7) is 0. The maximum Gasteiger partial charge on any atom is 0.0532 e. The summed E-state index contributed by atoms with van der Waals surface area (Å²) in [5, 5.41) is 0.345. The van der Waals surface area contributed by atoms with Gasteiger partial charge in [0.15, 0.2) is 0 Å². The molecule has 2 heteroatoms. The Labute approximate surface area is 80.8 Å².